The second kappa shape index (κ2) is 8.86. The van der Waals surface area contributed by atoms with Gasteiger partial charge in [-0.2, -0.15) is 0 Å². The summed E-state index contributed by atoms with van der Waals surface area (Å²) in [4.78, 5) is 27.8. The third-order valence-corrected chi connectivity index (χ3v) is 5.57. The van der Waals surface area contributed by atoms with Gasteiger partial charge in [0.05, 0.1) is 19.3 Å². The average molecular weight is 447 g/mol. The van der Waals surface area contributed by atoms with E-state index < -0.39 is 17.7 Å². The molecule has 0 bridgehead atoms. The van der Waals surface area contributed by atoms with Crippen molar-refractivity contribution < 1.29 is 28.6 Å². The summed E-state index contributed by atoms with van der Waals surface area (Å²) in [5.74, 6) is 0.378. The van der Waals surface area contributed by atoms with Gasteiger partial charge in [0.15, 0.2) is 0 Å². The van der Waals surface area contributed by atoms with Gasteiger partial charge < -0.3 is 19.0 Å². The Balaban J connectivity index is 1.91. The smallest absolute Gasteiger partial charge is 0.300 e. The molecule has 0 aliphatic carbocycles. The first-order valence-electron chi connectivity index (χ1n) is 10.6. The van der Waals surface area contributed by atoms with Crippen LogP contribution in [0.3, 0.4) is 0 Å². The Kier molecular flexibility index (Phi) is 5.96. The Morgan fingerprint density at radius 2 is 1.85 bits per heavy atom. The molecule has 0 spiro atoms. The SMILES string of the molecule is CCOc1cccc(N2C(=O)C(=O)/C(=C(\O)c3ccc(OC)cc3C)C2c2ccc(C)o2)c1. The van der Waals surface area contributed by atoms with E-state index in [0.717, 1.165) is 0 Å². The van der Waals surface area contributed by atoms with Gasteiger partial charge >= 0.3 is 0 Å². The van der Waals surface area contributed by atoms with Crippen LogP contribution in [0.25, 0.3) is 5.76 Å². The van der Waals surface area contributed by atoms with E-state index in [2.05, 4.69) is 0 Å². The first-order valence-corrected chi connectivity index (χ1v) is 10.6. The number of aryl methyl sites for hydroxylation is 2. The number of hydrogen-bond donors (Lipinski definition) is 1. The Hall–Kier alpha value is -4.00. The number of methoxy groups -OCH3 is 1. The van der Waals surface area contributed by atoms with Crippen LogP contribution >= 0.6 is 0 Å². The van der Waals surface area contributed by atoms with E-state index in [1.807, 2.05) is 6.92 Å². The van der Waals surface area contributed by atoms with Gasteiger partial charge in [-0.25, -0.2) is 0 Å². The molecule has 4 rings (SSSR count). The Labute approximate surface area is 191 Å². The molecule has 1 saturated heterocycles. The number of rotatable bonds is 6. The second-order valence-electron chi connectivity index (χ2n) is 7.73. The molecule has 170 valence electrons. The highest BCUT2D eigenvalue weighted by molar-refractivity contribution is 6.51. The summed E-state index contributed by atoms with van der Waals surface area (Å²) in [5.41, 5.74) is 1.56. The van der Waals surface area contributed by atoms with Gasteiger partial charge in [0.1, 0.15) is 34.8 Å². The fourth-order valence-electron chi connectivity index (χ4n) is 4.03. The molecule has 2 aromatic carbocycles. The van der Waals surface area contributed by atoms with Gasteiger partial charge in [0.2, 0.25) is 0 Å². The highest BCUT2D eigenvalue weighted by Crippen LogP contribution is 2.43. The van der Waals surface area contributed by atoms with Crippen molar-refractivity contribution in [2.45, 2.75) is 26.8 Å². The number of Topliss-reactive ketones (excluding diaryl/α,β-unsaturated/α-hetero) is 1. The molecule has 0 saturated carbocycles. The van der Waals surface area contributed by atoms with Crippen molar-refractivity contribution in [3.05, 3.63) is 82.8 Å². The topological polar surface area (TPSA) is 89.2 Å². The Morgan fingerprint density at radius 1 is 1.06 bits per heavy atom. The van der Waals surface area contributed by atoms with Crippen LogP contribution in [0.2, 0.25) is 0 Å². The molecule has 1 aromatic heterocycles. The zero-order valence-electron chi connectivity index (χ0n) is 18.9. The molecule has 0 radical (unpaired) electrons. The number of aliphatic hydroxyl groups excluding tert-OH is 1. The molecule has 2 heterocycles. The van der Waals surface area contributed by atoms with E-state index >= 15 is 0 Å². The fraction of sp³-hybridized carbons (Fsp3) is 0.231. The third kappa shape index (κ3) is 3.98. The molecular formula is C26H25NO6. The van der Waals surface area contributed by atoms with E-state index in [1.165, 1.54) is 4.90 Å². The predicted molar refractivity (Wildman–Crippen MR) is 124 cm³/mol. The standard InChI is InChI=1S/C26H25NO6/c1-5-32-19-8-6-7-17(14-19)27-23(21-12-9-16(3)33-21)22(25(29)26(27)30)24(28)20-11-10-18(31-4)13-15(20)2/h6-14,23,28H,5H2,1-4H3/b24-22-. The minimum absolute atomic E-state index is 0.0376. The summed E-state index contributed by atoms with van der Waals surface area (Å²) in [6.45, 7) is 5.89. The molecule has 1 aliphatic rings. The maximum atomic E-state index is 13.2. The van der Waals surface area contributed by atoms with Crippen molar-refractivity contribution in [2.75, 3.05) is 18.6 Å². The van der Waals surface area contributed by atoms with Crippen LogP contribution in [0, 0.1) is 13.8 Å². The monoisotopic (exact) mass is 447 g/mol. The highest BCUT2D eigenvalue weighted by atomic mass is 16.5. The highest BCUT2D eigenvalue weighted by Gasteiger charge is 2.48. The lowest BCUT2D eigenvalue weighted by Crippen LogP contribution is -2.29. The Morgan fingerprint density at radius 3 is 2.48 bits per heavy atom. The summed E-state index contributed by atoms with van der Waals surface area (Å²) in [5, 5.41) is 11.3. The molecule has 1 atom stereocenters. The fourth-order valence-corrected chi connectivity index (χ4v) is 4.03. The lowest BCUT2D eigenvalue weighted by Gasteiger charge is -2.24. The van der Waals surface area contributed by atoms with Crippen molar-refractivity contribution in [3.63, 3.8) is 0 Å². The minimum atomic E-state index is -0.933. The maximum Gasteiger partial charge on any atom is 0.300 e. The summed E-state index contributed by atoms with van der Waals surface area (Å²) >= 11 is 0. The number of anilines is 1. The molecule has 1 aliphatic heterocycles. The number of nitrogens with zero attached hydrogens (tertiary/aromatic N) is 1. The quantitative estimate of drug-likeness (QED) is 0.327. The molecular weight excluding hydrogens is 422 g/mol. The average Bonchev–Trinajstić information content (AvgIpc) is 3.34. The molecule has 33 heavy (non-hydrogen) atoms. The van der Waals surface area contributed by atoms with E-state index in [-0.39, 0.29) is 11.3 Å². The molecule has 1 N–H and O–H groups in total. The molecule has 1 fully saturated rings. The summed E-state index contributed by atoms with van der Waals surface area (Å²) in [6, 6.07) is 14.6. The largest absolute Gasteiger partial charge is 0.507 e. The summed E-state index contributed by atoms with van der Waals surface area (Å²) in [7, 11) is 1.55. The lowest BCUT2D eigenvalue weighted by molar-refractivity contribution is -0.132. The lowest BCUT2D eigenvalue weighted by atomic mass is 9.96. The number of ketones is 1. The maximum absolute atomic E-state index is 13.2. The van der Waals surface area contributed by atoms with E-state index in [4.69, 9.17) is 13.9 Å². The number of ether oxygens (including phenoxy) is 2. The minimum Gasteiger partial charge on any atom is -0.507 e. The van der Waals surface area contributed by atoms with E-state index in [1.54, 1.807) is 75.6 Å². The summed E-state index contributed by atoms with van der Waals surface area (Å²) in [6.07, 6.45) is 0. The van der Waals surface area contributed by atoms with Crippen LogP contribution in [0.5, 0.6) is 11.5 Å². The normalized spacial score (nSPS) is 17.5. The molecule has 7 nitrogen and oxygen atoms in total. The van der Waals surface area contributed by atoms with Gasteiger partial charge in [0.25, 0.3) is 11.7 Å². The first-order chi connectivity index (χ1) is 15.8. The molecule has 1 amide bonds. The van der Waals surface area contributed by atoms with Gasteiger partial charge in [-0.3, -0.25) is 14.5 Å². The number of aliphatic hydroxyl groups is 1. The van der Waals surface area contributed by atoms with E-state index in [0.29, 0.717) is 46.4 Å². The van der Waals surface area contributed by atoms with Crippen molar-refractivity contribution in [2.24, 2.45) is 0 Å². The molecule has 3 aromatic rings. The number of amides is 1. The predicted octanol–water partition coefficient (Wildman–Crippen LogP) is 4.93. The van der Waals surface area contributed by atoms with Crippen molar-refractivity contribution in [1.82, 2.24) is 0 Å². The molecule has 7 heteroatoms. The number of carbonyl (C=O) groups is 2. The Bertz CT molecular complexity index is 1260. The van der Waals surface area contributed by atoms with Crippen LogP contribution in [0.15, 0.2) is 64.6 Å². The third-order valence-electron chi connectivity index (χ3n) is 5.57. The van der Waals surface area contributed by atoms with Gasteiger partial charge in [0, 0.05) is 17.3 Å². The van der Waals surface area contributed by atoms with E-state index in [9.17, 15) is 14.7 Å². The number of furan rings is 1. The van der Waals surface area contributed by atoms with Crippen molar-refractivity contribution in [3.8, 4) is 11.5 Å². The number of carbonyl (C=O) groups excluding carboxylic acids is 2. The van der Waals surface area contributed by atoms with Crippen LogP contribution < -0.4 is 14.4 Å². The first kappa shape index (κ1) is 22.2. The zero-order chi connectivity index (χ0) is 23.7. The summed E-state index contributed by atoms with van der Waals surface area (Å²) < 4.78 is 16.6. The van der Waals surface area contributed by atoms with Crippen LogP contribution in [-0.2, 0) is 9.59 Å². The number of hydrogen-bond acceptors (Lipinski definition) is 6. The molecule has 1 unspecified atom stereocenters. The van der Waals surface area contributed by atoms with Crippen LogP contribution in [0.1, 0.15) is 35.6 Å². The van der Waals surface area contributed by atoms with Crippen LogP contribution in [-0.4, -0.2) is 30.5 Å². The van der Waals surface area contributed by atoms with Crippen LogP contribution in [0.4, 0.5) is 5.69 Å². The zero-order valence-corrected chi connectivity index (χ0v) is 18.9. The number of benzene rings is 2. The van der Waals surface area contributed by atoms with Gasteiger partial charge in [-0.1, -0.05) is 6.07 Å². The second-order valence-corrected chi connectivity index (χ2v) is 7.73. The van der Waals surface area contributed by atoms with Gasteiger partial charge in [-0.15, -0.1) is 0 Å². The van der Waals surface area contributed by atoms with Gasteiger partial charge in [-0.05, 0) is 68.8 Å². The van der Waals surface area contributed by atoms with Crippen molar-refractivity contribution >= 4 is 23.1 Å². The van der Waals surface area contributed by atoms with Crippen molar-refractivity contribution in [1.29, 1.82) is 0 Å².